The Morgan fingerprint density at radius 1 is 0.950 bits per heavy atom. The lowest BCUT2D eigenvalue weighted by molar-refractivity contribution is -0.288. The number of rotatable bonds is 5. The topological polar surface area (TPSA) is 103 Å². The SMILES string of the molecule is OC1OC(COCCN2CCCCC2)C(O)C(O)C1O. The summed E-state index contributed by atoms with van der Waals surface area (Å²) in [6.07, 6.45) is -2.76. The normalized spacial score (nSPS) is 39.9. The summed E-state index contributed by atoms with van der Waals surface area (Å²) >= 11 is 0. The fourth-order valence-electron chi connectivity index (χ4n) is 2.64. The Bertz CT molecular complexity index is 286. The zero-order valence-electron chi connectivity index (χ0n) is 11.6. The Morgan fingerprint density at radius 2 is 1.65 bits per heavy atom. The van der Waals surface area contributed by atoms with Gasteiger partial charge < -0.3 is 34.8 Å². The molecule has 0 aromatic rings. The van der Waals surface area contributed by atoms with Crippen molar-refractivity contribution in [2.24, 2.45) is 0 Å². The van der Waals surface area contributed by atoms with Crippen LogP contribution in [0.2, 0.25) is 0 Å². The molecule has 5 atom stereocenters. The molecular weight excluding hydrogens is 266 g/mol. The number of hydrogen-bond acceptors (Lipinski definition) is 7. The second kappa shape index (κ2) is 7.65. The lowest BCUT2D eigenvalue weighted by atomic mass is 9.99. The second-order valence-corrected chi connectivity index (χ2v) is 5.51. The summed E-state index contributed by atoms with van der Waals surface area (Å²) in [5, 5.41) is 38.0. The summed E-state index contributed by atoms with van der Waals surface area (Å²) in [6.45, 7) is 3.61. The van der Waals surface area contributed by atoms with E-state index in [1.54, 1.807) is 0 Å². The van der Waals surface area contributed by atoms with Gasteiger partial charge in [-0.25, -0.2) is 0 Å². The monoisotopic (exact) mass is 291 g/mol. The minimum atomic E-state index is -1.50. The summed E-state index contributed by atoms with van der Waals surface area (Å²) in [5.74, 6) is 0. The van der Waals surface area contributed by atoms with Gasteiger partial charge in [0.2, 0.25) is 0 Å². The van der Waals surface area contributed by atoms with Crippen LogP contribution < -0.4 is 0 Å². The van der Waals surface area contributed by atoms with Gasteiger partial charge in [-0.2, -0.15) is 0 Å². The second-order valence-electron chi connectivity index (χ2n) is 5.51. The highest BCUT2D eigenvalue weighted by Gasteiger charge is 2.42. The summed E-state index contributed by atoms with van der Waals surface area (Å²) in [7, 11) is 0. The molecule has 7 heteroatoms. The predicted molar refractivity (Wildman–Crippen MR) is 70.0 cm³/mol. The van der Waals surface area contributed by atoms with Crippen LogP contribution >= 0.6 is 0 Å². The molecule has 4 N–H and O–H groups in total. The molecule has 2 fully saturated rings. The van der Waals surface area contributed by atoms with Gasteiger partial charge in [0.15, 0.2) is 6.29 Å². The number of piperidine rings is 1. The molecule has 2 heterocycles. The molecule has 0 saturated carbocycles. The maximum absolute atomic E-state index is 9.74. The van der Waals surface area contributed by atoms with Crippen LogP contribution in [0.3, 0.4) is 0 Å². The average molecular weight is 291 g/mol. The summed E-state index contributed by atoms with van der Waals surface area (Å²) in [4.78, 5) is 2.33. The van der Waals surface area contributed by atoms with Crippen LogP contribution in [0.15, 0.2) is 0 Å². The van der Waals surface area contributed by atoms with Crippen molar-refractivity contribution in [3.8, 4) is 0 Å². The molecule has 7 nitrogen and oxygen atoms in total. The van der Waals surface area contributed by atoms with E-state index in [2.05, 4.69) is 4.90 Å². The van der Waals surface area contributed by atoms with E-state index < -0.39 is 30.7 Å². The van der Waals surface area contributed by atoms with Crippen LogP contribution in [-0.2, 0) is 9.47 Å². The van der Waals surface area contributed by atoms with Crippen molar-refractivity contribution in [1.82, 2.24) is 4.90 Å². The average Bonchev–Trinajstić information content (AvgIpc) is 2.47. The first-order valence-electron chi connectivity index (χ1n) is 7.27. The van der Waals surface area contributed by atoms with E-state index in [0.717, 1.165) is 19.6 Å². The van der Waals surface area contributed by atoms with Crippen molar-refractivity contribution >= 4 is 0 Å². The van der Waals surface area contributed by atoms with Gasteiger partial charge in [-0.15, -0.1) is 0 Å². The number of aliphatic hydroxyl groups is 4. The Morgan fingerprint density at radius 3 is 2.35 bits per heavy atom. The maximum Gasteiger partial charge on any atom is 0.184 e. The Kier molecular flexibility index (Phi) is 6.16. The highest BCUT2D eigenvalue weighted by molar-refractivity contribution is 4.88. The zero-order valence-corrected chi connectivity index (χ0v) is 11.6. The lowest BCUT2D eigenvalue weighted by Gasteiger charge is -2.38. The third-order valence-corrected chi connectivity index (χ3v) is 3.97. The van der Waals surface area contributed by atoms with Gasteiger partial charge in [-0.3, -0.25) is 0 Å². The third kappa shape index (κ3) is 4.11. The van der Waals surface area contributed by atoms with Gasteiger partial charge in [0.05, 0.1) is 13.2 Å². The van der Waals surface area contributed by atoms with Gasteiger partial charge in [0, 0.05) is 6.54 Å². The van der Waals surface area contributed by atoms with Crippen LogP contribution in [0.5, 0.6) is 0 Å². The first kappa shape index (κ1) is 16.1. The van der Waals surface area contributed by atoms with Gasteiger partial charge in [-0.05, 0) is 25.9 Å². The number of nitrogens with zero attached hydrogens (tertiary/aromatic N) is 1. The largest absolute Gasteiger partial charge is 0.387 e. The molecule has 0 aromatic heterocycles. The molecule has 0 radical (unpaired) electrons. The molecule has 20 heavy (non-hydrogen) atoms. The molecule has 2 saturated heterocycles. The molecule has 118 valence electrons. The van der Waals surface area contributed by atoms with E-state index in [4.69, 9.17) is 9.47 Å². The number of likely N-dealkylation sites (tertiary alicyclic amines) is 1. The summed E-state index contributed by atoms with van der Waals surface area (Å²) in [5.41, 5.74) is 0. The van der Waals surface area contributed by atoms with E-state index in [0.29, 0.717) is 6.61 Å². The van der Waals surface area contributed by atoms with Crippen molar-refractivity contribution in [3.05, 3.63) is 0 Å². The minimum Gasteiger partial charge on any atom is -0.387 e. The minimum absolute atomic E-state index is 0.0792. The summed E-state index contributed by atoms with van der Waals surface area (Å²) in [6, 6.07) is 0. The molecule has 2 aliphatic heterocycles. The van der Waals surface area contributed by atoms with Crippen molar-refractivity contribution in [2.45, 2.75) is 50.0 Å². The first-order valence-corrected chi connectivity index (χ1v) is 7.27. The quantitative estimate of drug-likeness (QED) is 0.447. The number of ether oxygens (including phenoxy) is 2. The molecule has 0 aliphatic carbocycles. The predicted octanol–water partition coefficient (Wildman–Crippen LogP) is -1.71. The molecule has 0 amide bonds. The van der Waals surface area contributed by atoms with Crippen LogP contribution in [0.1, 0.15) is 19.3 Å². The molecule has 2 rings (SSSR count). The molecule has 0 spiro atoms. The molecular formula is C13H25NO6. The van der Waals surface area contributed by atoms with Crippen molar-refractivity contribution in [3.63, 3.8) is 0 Å². The maximum atomic E-state index is 9.74. The first-order chi connectivity index (χ1) is 9.59. The van der Waals surface area contributed by atoms with E-state index in [-0.39, 0.29) is 6.61 Å². The Hall–Kier alpha value is -0.280. The number of aliphatic hydroxyl groups excluding tert-OH is 4. The Labute approximate surface area is 118 Å². The van der Waals surface area contributed by atoms with Gasteiger partial charge in [0.25, 0.3) is 0 Å². The summed E-state index contributed by atoms with van der Waals surface area (Å²) < 4.78 is 10.5. The van der Waals surface area contributed by atoms with Crippen LogP contribution in [0, 0.1) is 0 Å². The van der Waals surface area contributed by atoms with Crippen molar-refractivity contribution < 1.29 is 29.9 Å². The third-order valence-electron chi connectivity index (χ3n) is 3.97. The van der Waals surface area contributed by atoms with E-state index in [9.17, 15) is 20.4 Å². The van der Waals surface area contributed by atoms with E-state index in [1.807, 2.05) is 0 Å². The number of hydrogen-bond donors (Lipinski definition) is 4. The fraction of sp³-hybridized carbons (Fsp3) is 1.00. The zero-order chi connectivity index (χ0) is 14.5. The smallest absolute Gasteiger partial charge is 0.184 e. The molecule has 0 bridgehead atoms. The van der Waals surface area contributed by atoms with E-state index >= 15 is 0 Å². The van der Waals surface area contributed by atoms with Crippen LogP contribution in [-0.4, -0.2) is 88.9 Å². The van der Waals surface area contributed by atoms with Crippen molar-refractivity contribution in [1.29, 1.82) is 0 Å². The fourth-order valence-corrected chi connectivity index (χ4v) is 2.64. The van der Waals surface area contributed by atoms with Gasteiger partial charge >= 0.3 is 0 Å². The molecule has 0 aromatic carbocycles. The Balaban J connectivity index is 1.65. The van der Waals surface area contributed by atoms with Gasteiger partial charge in [-0.1, -0.05) is 6.42 Å². The van der Waals surface area contributed by atoms with Crippen LogP contribution in [0.4, 0.5) is 0 Å². The lowest BCUT2D eigenvalue weighted by Crippen LogP contribution is -2.58. The van der Waals surface area contributed by atoms with Crippen LogP contribution in [0.25, 0.3) is 0 Å². The molecule has 5 unspecified atom stereocenters. The highest BCUT2D eigenvalue weighted by Crippen LogP contribution is 2.20. The standard InChI is InChI=1S/C13H25NO6/c15-10-9(20-13(18)12(17)11(10)16)8-19-7-6-14-4-2-1-3-5-14/h9-13,15-18H,1-8H2. The van der Waals surface area contributed by atoms with E-state index in [1.165, 1.54) is 19.3 Å². The molecule has 2 aliphatic rings. The van der Waals surface area contributed by atoms with Gasteiger partial charge in [0.1, 0.15) is 24.4 Å². The highest BCUT2D eigenvalue weighted by atomic mass is 16.6. The van der Waals surface area contributed by atoms with Crippen molar-refractivity contribution in [2.75, 3.05) is 32.8 Å².